The summed E-state index contributed by atoms with van der Waals surface area (Å²) < 4.78 is 22.9. The van der Waals surface area contributed by atoms with E-state index >= 15 is 0 Å². The summed E-state index contributed by atoms with van der Waals surface area (Å²) in [6, 6.07) is 10.4. The molecule has 0 atom stereocenters. The summed E-state index contributed by atoms with van der Waals surface area (Å²) in [5.74, 6) is 0.0433. The van der Waals surface area contributed by atoms with Crippen molar-refractivity contribution >= 4 is 44.6 Å². The lowest BCUT2D eigenvalue weighted by Gasteiger charge is -2.26. The van der Waals surface area contributed by atoms with Gasteiger partial charge in [0, 0.05) is 25.3 Å². The van der Waals surface area contributed by atoms with Crippen molar-refractivity contribution in [3.8, 4) is 0 Å². The zero-order chi connectivity index (χ0) is 18.7. The lowest BCUT2D eigenvalue weighted by molar-refractivity contribution is 0.102. The maximum absolute atomic E-state index is 12.3. The standard InChI is InChI=1S/C17H17Cl2N3O3S/c18-15-6-5-14(16(19)21-15)17(23)20-13-3-1-12(2-4-13)11-22-7-9-26(24,25)10-8-22/h1-6H,7-11H2,(H,20,23). The lowest BCUT2D eigenvalue weighted by Crippen LogP contribution is -2.39. The number of hydrogen-bond acceptors (Lipinski definition) is 5. The summed E-state index contributed by atoms with van der Waals surface area (Å²) in [6.07, 6.45) is 0. The Morgan fingerprint density at radius 1 is 1.08 bits per heavy atom. The van der Waals surface area contributed by atoms with Gasteiger partial charge in [0.25, 0.3) is 5.91 Å². The second-order valence-corrected chi connectivity index (χ2v) is 9.10. The van der Waals surface area contributed by atoms with Gasteiger partial charge in [-0.25, -0.2) is 13.4 Å². The number of anilines is 1. The van der Waals surface area contributed by atoms with Crippen molar-refractivity contribution in [3.63, 3.8) is 0 Å². The molecule has 1 saturated heterocycles. The number of nitrogens with zero attached hydrogens (tertiary/aromatic N) is 2. The Balaban J connectivity index is 1.60. The van der Waals surface area contributed by atoms with Crippen LogP contribution in [0.1, 0.15) is 15.9 Å². The number of aromatic nitrogens is 1. The highest BCUT2D eigenvalue weighted by Gasteiger charge is 2.21. The molecule has 1 aliphatic rings. The molecule has 2 heterocycles. The van der Waals surface area contributed by atoms with Crippen LogP contribution in [0.5, 0.6) is 0 Å². The van der Waals surface area contributed by atoms with Crippen LogP contribution in [-0.4, -0.2) is 48.8 Å². The van der Waals surface area contributed by atoms with Gasteiger partial charge in [-0.05, 0) is 29.8 Å². The van der Waals surface area contributed by atoms with Crippen LogP contribution in [0.3, 0.4) is 0 Å². The monoisotopic (exact) mass is 413 g/mol. The normalized spacial score (nSPS) is 17.0. The first-order chi connectivity index (χ1) is 12.3. The summed E-state index contributed by atoms with van der Waals surface area (Å²) in [5.41, 5.74) is 1.93. The van der Waals surface area contributed by atoms with Crippen molar-refractivity contribution in [2.24, 2.45) is 0 Å². The molecule has 0 radical (unpaired) electrons. The molecular weight excluding hydrogens is 397 g/mol. The summed E-state index contributed by atoms with van der Waals surface area (Å²) >= 11 is 11.7. The van der Waals surface area contributed by atoms with Crippen LogP contribution < -0.4 is 5.32 Å². The van der Waals surface area contributed by atoms with Gasteiger partial charge in [-0.3, -0.25) is 9.69 Å². The summed E-state index contributed by atoms with van der Waals surface area (Å²) in [6.45, 7) is 1.77. The molecule has 3 rings (SSSR count). The third-order valence-corrected chi connectivity index (χ3v) is 6.22. The van der Waals surface area contributed by atoms with Gasteiger partial charge in [0.2, 0.25) is 0 Å². The number of pyridine rings is 1. The van der Waals surface area contributed by atoms with Crippen molar-refractivity contribution in [1.82, 2.24) is 9.88 Å². The van der Waals surface area contributed by atoms with Gasteiger partial charge in [0.15, 0.2) is 9.84 Å². The van der Waals surface area contributed by atoms with Gasteiger partial charge in [-0.2, -0.15) is 0 Å². The highest BCUT2D eigenvalue weighted by molar-refractivity contribution is 7.91. The van der Waals surface area contributed by atoms with E-state index in [1.165, 1.54) is 12.1 Å². The van der Waals surface area contributed by atoms with E-state index in [0.29, 0.717) is 25.3 Å². The Morgan fingerprint density at radius 3 is 2.35 bits per heavy atom. The number of benzene rings is 1. The summed E-state index contributed by atoms with van der Waals surface area (Å²) in [4.78, 5) is 18.2. The predicted octanol–water partition coefficient (Wildman–Crippen LogP) is 2.87. The SMILES string of the molecule is O=C(Nc1ccc(CN2CCS(=O)(=O)CC2)cc1)c1ccc(Cl)nc1Cl. The number of nitrogens with one attached hydrogen (secondary N) is 1. The molecule has 0 saturated carbocycles. The van der Waals surface area contributed by atoms with Crippen LogP contribution >= 0.6 is 23.2 Å². The molecule has 0 unspecified atom stereocenters. The topological polar surface area (TPSA) is 79.4 Å². The quantitative estimate of drug-likeness (QED) is 0.779. The molecule has 138 valence electrons. The molecule has 1 N–H and O–H groups in total. The molecular formula is C17H17Cl2N3O3S. The minimum atomic E-state index is -2.87. The Hall–Kier alpha value is -1.67. The van der Waals surface area contributed by atoms with E-state index in [4.69, 9.17) is 23.2 Å². The first kappa shape index (κ1) is 19.1. The number of carbonyl (C=O) groups excluding carboxylic acids is 1. The predicted molar refractivity (Wildman–Crippen MR) is 103 cm³/mol. The zero-order valence-corrected chi connectivity index (χ0v) is 16.1. The van der Waals surface area contributed by atoms with Crippen molar-refractivity contribution in [2.45, 2.75) is 6.54 Å². The molecule has 1 aliphatic heterocycles. The molecule has 0 aliphatic carbocycles. The van der Waals surface area contributed by atoms with Gasteiger partial charge in [-0.1, -0.05) is 35.3 Å². The largest absolute Gasteiger partial charge is 0.322 e. The Bertz CT molecular complexity index is 903. The number of amides is 1. The molecule has 0 bridgehead atoms. The number of rotatable bonds is 4. The molecule has 6 nitrogen and oxygen atoms in total. The summed E-state index contributed by atoms with van der Waals surface area (Å²) in [5, 5.41) is 3.03. The average Bonchev–Trinajstić information content (AvgIpc) is 2.58. The van der Waals surface area contributed by atoms with Gasteiger partial charge in [-0.15, -0.1) is 0 Å². The Kier molecular flexibility index (Phi) is 5.82. The molecule has 26 heavy (non-hydrogen) atoms. The molecule has 9 heteroatoms. The molecule has 1 aromatic heterocycles. The fourth-order valence-electron chi connectivity index (χ4n) is 2.64. The second kappa shape index (κ2) is 7.92. The van der Waals surface area contributed by atoms with E-state index in [-0.39, 0.29) is 33.3 Å². The van der Waals surface area contributed by atoms with E-state index in [9.17, 15) is 13.2 Å². The highest BCUT2D eigenvalue weighted by Crippen LogP contribution is 2.19. The van der Waals surface area contributed by atoms with Gasteiger partial charge in [0.05, 0.1) is 17.1 Å². The Labute approximate surface area is 162 Å². The van der Waals surface area contributed by atoms with E-state index in [1.54, 1.807) is 12.1 Å². The van der Waals surface area contributed by atoms with Gasteiger partial charge in [0.1, 0.15) is 10.3 Å². The maximum atomic E-state index is 12.3. The molecule has 0 spiro atoms. The van der Waals surface area contributed by atoms with Crippen LogP contribution in [0.15, 0.2) is 36.4 Å². The molecule has 1 aromatic carbocycles. The first-order valence-electron chi connectivity index (χ1n) is 7.97. The van der Waals surface area contributed by atoms with Crippen molar-refractivity contribution < 1.29 is 13.2 Å². The molecule has 1 amide bonds. The first-order valence-corrected chi connectivity index (χ1v) is 10.6. The second-order valence-electron chi connectivity index (χ2n) is 6.05. The minimum absolute atomic E-state index is 0.0478. The number of hydrogen-bond donors (Lipinski definition) is 1. The minimum Gasteiger partial charge on any atom is -0.322 e. The maximum Gasteiger partial charge on any atom is 0.258 e. The third-order valence-electron chi connectivity index (χ3n) is 4.11. The van der Waals surface area contributed by atoms with Crippen molar-refractivity contribution in [1.29, 1.82) is 0 Å². The zero-order valence-electron chi connectivity index (χ0n) is 13.8. The molecule has 1 fully saturated rings. The number of carbonyl (C=O) groups is 1. The van der Waals surface area contributed by atoms with Crippen LogP contribution in [-0.2, 0) is 16.4 Å². The lowest BCUT2D eigenvalue weighted by atomic mass is 10.2. The van der Waals surface area contributed by atoms with Crippen molar-refractivity contribution in [2.75, 3.05) is 29.9 Å². The third kappa shape index (κ3) is 4.94. The van der Waals surface area contributed by atoms with Gasteiger partial charge < -0.3 is 5.32 Å². The molecule has 2 aromatic rings. The van der Waals surface area contributed by atoms with Crippen LogP contribution in [0.25, 0.3) is 0 Å². The van der Waals surface area contributed by atoms with E-state index in [1.807, 2.05) is 12.1 Å². The van der Waals surface area contributed by atoms with Crippen LogP contribution in [0.4, 0.5) is 5.69 Å². The van der Waals surface area contributed by atoms with E-state index in [2.05, 4.69) is 15.2 Å². The summed E-state index contributed by atoms with van der Waals surface area (Å²) in [7, 11) is -2.87. The highest BCUT2D eigenvalue weighted by atomic mass is 35.5. The van der Waals surface area contributed by atoms with Crippen LogP contribution in [0.2, 0.25) is 10.3 Å². The van der Waals surface area contributed by atoms with Crippen LogP contribution in [0, 0.1) is 0 Å². The Morgan fingerprint density at radius 2 is 1.73 bits per heavy atom. The smallest absolute Gasteiger partial charge is 0.258 e. The fraction of sp³-hybridized carbons (Fsp3) is 0.294. The van der Waals surface area contributed by atoms with E-state index in [0.717, 1.165) is 5.56 Å². The van der Waals surface area contributed by atoms with Gasteiger partial charge >= 0.3 is 0 Å². The van der Waals surface area contributed by atoms with E-state index < -0.39 is 9.84 Å². The van der Waals surface area contributed by atoms with Crippen molar-refractivity contribution in [3.05, 3.63) is 57.8 Å². The number of sulfone groups is 1. The number of halogens is 2. The average molecular weight is 414 g/mol. The fourth-order valence-corrected chi connectivity index (χ4v) is 4.35.